The van der Waals surface area contributed by atoms with Gasteiger partial charge in [-0.05, 0) is 12.0 Å². The maximum absolute atomic E-state index is 12.5. The molecule has 2 rings (SSSR count). The number of H-pyrrole nitrogens is 1. The number of hydrogen-bond donors (Lipinski definition) is 3. The molecule has 136 valence electrons. The first-order valence-electron chi connectivity index (χ1n) is 9.54. The molecule has 0 aliphatic rings. The minimum atomic E-state index is -0.0967. The molecule has 4 heteroatoms. The number of anilines is 1. The standard InChI is InChI=1S/C21H31N3O/c1-2-3-4-5-6-7-8-12-15-23-21(25)19-18(16-24-20(19)22)17-13-10-9-11-14-17/h9-11,13-14,16,24H,2-8,12,15,22H2,1H3,(H,23,25). The van der Waals surface area contributed by atoms with Crippen LogP contribution in [0, 0.1) is 0 Å². The highest BCUT2D eigenvalue weighted by Gasteiger charge is 2.17. The first-order valence-corrected chi connectivity index (χ1v) is 9.54. The number of nitrogens with one attached hydrogen (secondary N) is 2. The molecular weight excluding hydrogens is 310 g/mol. The van der Waals surface area contributed by atoms with Gasteiger partial charge in [-0.2, -0.15) is 0 Å². The smallest absolute Gasteiger partial charge is 0.255 e. The van der Waals surface area contributed by atoms with Crippen LogP contribution in [0.25, 0.3) is 11.1 Å². The lowest BCUT2D eigenvalue weighted by Gasteiger charge is -2.08. The fraction of sp³-hybridized carbons (Fsp3) is 0.476. The summed E-state index contributed by atoms with van der Waals surface area (Å²) in [5.41, 5.74) is 8.37. The number of aromatic amines is 1. The summed E-state index contributed by atoms with van der Waals surface area (Å²) in [6.45, 7) is 2.94. The van der Waals surface area contributed by atoms with Gasteiger partial charge < -0.3 is 16.0 Å². The Morgan fingerprint density at radius 1 is 1.00 bits per heavy atom. The molecule has 1 aromatic carbocycles. The number of carbonyl (C=O) groups is 1. The number of unbranched alkanes of at least 4 members (excludes halogenated alkanes) is 7. The van der Waals surface area contributed by atoms with Crippen molar-refractivity contribution >= 4 is 11.7 Å². The molecule has 0 atom stereocenters. The van der Waals surface area contributed by atoms with Crippen LogP contribution in [0.3, 0.4) is 0 Å². The summed E-state index contributed by atoms with van der Waals surface area (Å²) in [5.74, 6) is 0.327. The van der Waals surface area contributed by atoms with E-state index in [4.69, 9.17) is 5.73 Å². The van der Waals surface area contributed by atoms with Crippen LogP contribution in [0.1, 0.15) is 68.6 Å². The number of carbonyl (C=O) groups excluding carboxylic acids is 1. The summed E-state index contributed by atoms with van der Waals surface area (Å²) in [7, 11) is 0. The predicted octanol–water partition coefficient (Wildman–Crippen LogP) is 5.13. The zero-order chi connectivity index (χ0) is 17.9. The summed E-state index contributed by atoms with van der Waals surface area (Å²) in [4.78, 5) is 15.5. The Bertz CT molecular complexity index is 634. The van der Waals surface area contributed by atoms with Crippen LogP contribution >= 0.6 is 0 Å². The molecule has 0 bridgehead atoms. The van der Waals surface area contributed by atoms with Gasteiger partial charge in [-0.25, -0.2) is 0 Å². The van der Waals surface area contributed by atoms with E-state index in [1.54, 1.807) is 6.20 Å². The van der Waals surface area contributed by atoms with Crippen LogP contribution < -0.4 is 11.1 Å². The lowest BCUT2D eigenvalue weighted by atomic mass is 10.0. The topological polar surface area (TPSA) is 70.9 Å². The van der Waals surface area contributed by atoms with Gasteiger partial charge in [0.2, 0.25) is 0 Å². The fourth-order valence-corrected chi connectivity index (χ4v) is 3.08. The summed E-state index contributed by atoms with van der Waals surface area (Å²) in [6.07, 6.45) is 11.9. The van der Waals surface area contributed by atoms with Crippen molar-refractivity contribution in [3.05, 3.63) is 42.1 Å². The second kappa shape index (κ2) is 10.6. The van der Waals surface area contributed by atoms with E-state index in [1.807, 2.05) is 30.3 Å². The van der Waals surface area contributed by atoms with Crippen LogP contribution in [0.4, 0.5) is 5.82 Å². The van der Waals surface area contributed by atoms with Crippen molar-refractivity contribution in [1.29, 1.82) is 0 Å². The van der Waals surface area contributed by atoms with Crippen molar-refractivity contribution in [2.75, 3.05) is 12.3 Å². The highest BCUT2D eigenvalue weighted by Crippen LogP contribution is 2.27. The summed E-state index contributed by atoms with van der Waals surface area (Å²) in [5, 5.41) is 3.01. The molecule has 2 aromatic rings. The summed E-state index contributed by atoms with van der Waals surface area (Å²) in [6, 6.07) is 9.85. The zero-order valence-electron chi connectivity index (χ0n) is 15.3. The molecule has 1 aromatic heterocycles. The first kappa shape index (κ1) is 19.1. The largest absolute Gasteiger partial charge is 0.385 e. The number of hydrogen-bond acceptors (Lipinski definition) is 2. The Labute approximate surface area is 151 Å². The van der Waals surface area contributed by atoms with Crippen molar-refractivity contribution in [3.8, 4) is 11.1 Å². The van der Waals surface area contributed by atoms with Crippen LogP contribution in [-0.4, -0.2) is 17.4 Å². The van der Waals surface area contributed by atoms with E-state index in [0.717, 1.165) is 17.5 Å². The molecule has 4 N–H and O–H groups in total. The fourth-order valence-electron chi connectivity index (χ4n) is 3.08. The third-order valence-electron chi connectivity index (χ3n) is 4.54. The Morgan fingerprint density at radius 2 is 1.64 bits per heavy atom. The molecular formula is C21H31N3O. The van der Waals surface area contributed by atoms with E-state index >= 15 is 0 Å². The van der Waals surface area contributed by atoms with Gasteiger partial charge in [0, 0.05) is 18.3 Å². The monoisotopic (exact) mass is 341 g/mol. The van der Waals surface area contributed by atoms with Crippen molar-refractivity contribution in [3.63, 3.8) is 0 Å². The normalized spacial score (nSPS) is 10.8. The van der Waals surface area contributed by atoms with Gasteiger partial charge in [0.15, 0.2) is 0 Å². The second-order valence-electron chi connectivity index (χ2n) is 6.59. The van der Waals surface area contributed by atoms with Crippen molar-refractivity contribution in [2.45, 2.75) is 58.3 Å². The lowest BCUT2D eigenvalue weighted by molar-refractivity contribution is 0.0954. The molecule has 1 heterocycles. The maximum atomic E-state index is 12.5. The number of rotatable bonds is 11. The highest BCUT2D eigenvalue weighted by atomic mass is 16.1. The average molecular weight is 341 g/mol. The Kier molecular flexibility index (Phi) is 8.10. The van der Waals surface area contributed by atoms with E-state index in [2.05, 4.69) is 17.2 Å². The van der Waals surface area contributed by atoms with E-state index in [0.29, 0.717) is 17.9 Å². The Balaban J connectivity index is 1.76. The van der Waals surface area contributed by atoms with E-state index in [9.17, 15) is 4.79 Å². The molecule has 25 heavy (non-hydrogen) atoms. The molecule has 0 aliphatic carbocycles. The SMILES string of the molecule is CCCCCCCCCCNC(=O)c1c(-c2ccccc2)c[nH]c1N. The minimum absolute atomic E-state index is 0.0967. The number of aromatic nitrogens is 1. The van der Waals surface area contributed by atoms with E-state index in [-0.39, 0.29) is 5.91 Å². The summed E-state index contributed by atoms with van der Waals surface area (Å²) < 4.78 is 0. The second-order valence-corrected chi connectivity index (χ2v) is 6.59. The summed E-state index contributed by atoms with van der Waals surface area (Å²) >= 11 is 0. The number of nitrogens with two attached hydrogens (primary N) is 1. The van der Waals surface area contributed by atoms with Crippen LogP contribution in [-0.2, 0) is 0 Å². The van der Waals surface area contributed by atoms with E-state index < -0.39 is 0 Å². The molecule has 0 radical (unpaired) electrons. The molecule has 0 saturated heterocycles. The highest BCUT2D eigenvalue weighted by molar-refractivity contribution is 6.05. The molecule has 1 amide bonds. The molecule has 0 aliphatic heterocycles. The molecule has 0 fully saturated rings. The van der Waals surface area contributed by atoms with Crippen LogP contribution in [0.5, 0.6) is 0 Å². The van der Waals surface area contributed by atoms with Gasteiger partial charge in [-0.15, -0.1) is 0 Å². The zero-order valence-corrected chi connectivity index (χ0v) is 15.3. The van der Waals surface area contributed by atoms with Gasteiger partial charge in [-0.1, -0.05) is 82.2 Å². The van der Waals surface area contributed by atoms with Gasteiger partial charge in [0.25, 0.3) is 5.91 Å². The average Bonchev–Trinajstić information content (AvgIpc) is 3.02. The quantitative estimate of drug-likeness (QED) is 0.496. The number of nitrogen functional groups attached to an aromatic ring is 1. The van der Waals surface area contributed by atoms with Crippen molar-refractivity contribution in [2.24, 2.45) is 0 Å². The first-order chi connectivity index (χ1) is 12.2. The van der Waals surface area contributed by atoms with Crippen molar-refractivity contribution in [1.82, 2.24) is 10.3 Å². The van der Waals surface area contributed by atoms with Gasteiger partial charge in [0.1, 0.15) is 5.82 Å². The predicted molar refractivity (Wildman–Crippen MR) is 106 cm³/mol. The minimum Gasteiger partial charge on any atom is -0.385 e. The third kappa shape index (κ3) is 5.96. The lowest BCUT2D eigenvalue weighted by Crippen LogP contribution is -2.25. The third-order valence-corrected chi connectivity index (χ3v) is 4.54. The van der Waals surface area contributed by atoms with Gasteiger partial charge in [0.05, 0.1) is 5.56 Å². The van der Waals surface area contributed by atoms with Gasteiger partial charge in [-0.3, -0.25) is 4.79 Å². The van der Waals surface area contributed by atoms with E-state index in [1.165, 1.54) is 44.9 Å². The number of amides is 1. The van der Waals surface area contributed by atoms with Gasteiger partial charge >= 0.3 is 0 Å². The Morgan fingerprint density at radius 3 is 2.32 bits per heavy atom. The Hall–Kier alpha value is -2.23. The van der Waals surface area contributed by atoms with Crippen LogP contribution in [0.2, 0.25) is 0 Å². The number of benzene rings is 1. The maximum Gasteiger partial charge on any atom is 0.255 e. The molecule has 4 nitrogen and oxygen atoms in total. The molecule has 0 spiro atoms. The molecule has 0 saturated carbocycles. The van der Waals surface area contributed by atoms with Crippen LogP contribution in [0.15, 0.2) is 36.5 Å². The van der Waals surface area contributed by atoms with Crippen molar-refractivity contribution < 1.29 is 4.79 Å². The molecule has 0 unspecified atom stereocenters.